The van der Waals surface area contributed by atoms with E-state index in [0.717, 1.165) is 13.0 Å². The fourth-order valence-corrected chi connectivity index (χ4v) is 1.62. The van der Waals surface area contributed by atoms with Crippen LogP contribution in [-0.4, -0.2) is 36.1 Å². The van der Waals surface area contributed by atoms with Gasteiger partial charge in [-0.3, -0.25) is 9.69 Å². The van der Waals surface area contributed by atoms with Gasteiger partial charge < -0.3 is 4.74 Å². The third-order valence-electron chi connectivity index (χ3n) is 2.44. The fraction of sp³-hybridized carbons (Fsp3) is 0.750. The molecule has 3 nitrogen and oxygen atoms in total. The van der Waals surface area contributed by atoms with Crippen LogP contribution in [-0.2, 0) is 9.53 Å². The minimum Gasteiger partial charge on any atom is -0.360 e. The Hall–Kier alpha value is -0.670. The highest BCUT2D eigenvalue weighted by atomic mass is 16.5. The summed E-state index contributed by atoms with van der Waals surface area (Å²) in [7, 11) is 0. The highest BCUT2D eigenvalue weighted by Gasteiger charge is 2.30. The average molecular weight is 211 g/mol. The van der Waals surface area contributed by atoms with Crippen LogP contribution in [0.3, 0.4) is 0 Å². The first kappa shape index (κ1) is 12.4. The summed E-state index contributed by atoms with van der Waals surface area (Å²) in [4.78, 5) is 13.6. The van der Waals surface area contributed by atoms with Gasteiger partial charge in [-0.2, -0.15) is 0 Å². The minimum absolute atomic E-state index is 0.131. The molecule has 1 aliphatic heterocycles. The van der Waals surface area contributed by atoms with Gasteiger partial charge in [-0.25, -0.2) is 0 Å². The topological polar surface area (TPSA) is 29.5 Å². The highest BCUT2D eigenvalue weighted by Crippen LogP contribution is 2.17. The summed E-state index contributed by atoms with van der Waals surface area (Å²) in [6.07, 6.45) is 2.60. The van der Waals surface area contributed by atoms with Crippen molar-refractivity contribution in [2.45, 2.75) is 32.8 Å². The quantitative estimate of drug-likeness (QED) is 0.664. The monoisotopic (exact) mass is 211 g/mol. The number of hydrogen-bond acceptors (Lipinski definition) is 3. The number of rotatable bonds is 4. The average Bonchev–Trinajstić information content (AvgIpc) is 2.44. The van der Waals surface area contributed by atoms with Crippen molar-refractivity contribution in [3.63, 3.8) is 0 Å². The number of nitrogens with zero attached hydrogens (tertiary/aromatic N) is 1. The Labute approximate surface area is 92.1 Å². The maximum absolute atomic E-state index is 11.6. The van der Waals surface area contributed by atoms with E-state index in [0.29, 0.717) is 19.1 Å². The van der Waals surface area contributed by atoms with E-state index in [4.69, 9.17) is 4.74 Å². The second-order valence-corrected chi connectivity index (χ2v) is 5.08. The van der Waals surface area contributed by atoms with Crippen LogP contribution in [0.1, 0.15) is 27.2 Å². The predicted molar refractivity (Wildman–Crippen MR) is 60.6 cm³/mol. The Morgan fingerprint density at radius 3 is 2.80 bits per heavy atom. The zero-order chi connectivity index (χ0) is 11.5. The summed E-state index contributed by atoms with van der Waals surface area (Å²) < 4.78 is 5.64. The van der Waals surface area contributed by atoms with Crippen LogP contribution in [0.2, 0.25) is 0 Å². The van der Waals surface area contributed by atoms with Crippen LogP contribution < -0.4 is 0 Å². The van der Waals surface area contributed by atoms with Crippen molar-refractivity contribution in [3.05, 3.63) is 12.7 Å². The lowest BCUT2D eigenvalue weighted by Crippen LogP contribution is -2.30. The van der Waals surface area contributed by atoms with Crippen LogP contribution in [0.15, 0.2) is 12.7 Å². The molecule has 0 aromatic heterocycles. The molecule has 0 aromatic carbocycles. The molecule has 1 heterocycles. The summed E-state index contributed by atoms with van der Waals surface area (Å²) in [5.41, 5.74) is -0.139. The number of likely N-dealkylation sites (tertiary alicyclic amines) is 1. The van der Waals surface area contributed by atoms with E-state index in [-0.39, 0.29) is 11.5 Å². The Bertz CT molecular complexity index is 242. The first-order valence-corrected chi connectivity index (χ1v) is 5.42. The number of carbonyl (C=O) groups is 1. The largest absolute Gasteiger partial charge is 0.360 e. The van der Waals surface area contributed by atoms with Crippen LogP contribution in [0.4, 0.5) is 0 Å². The van der Waals surface area contributed by atoms with Gasteiger partial charge in [-0.15, -0.1) is 6.58 Å². The zero-order valence-corrected chi connectivity index (χ0v) is 9.95. The maximum Gasteiger partial charge on any atom is 0.151 e. The molecule has 86 valence electrons. The summed E-state index contributed by atoms with van der Waals surface area (Å²) in [5, 5.41) is 0. The van der Waals surface area contributed by atoms with Crippen LogP contribution in [0, 0.1) is 5.92 Å². The zero-order valence-electron chi connectivity index (χ0n) is 9.95. The molecule has 0 aromatic rings. The van der Waals surface area contributed by atoms with Gasteiger partial charge in [-0.05, 0) is 27.2 Å². The minimum atomic E-state index is -0.139. The predicted octanol–water partition coefficient (Wildman–Crippen LogP) is 1.84. The molecule has 0 bridgehead atoms. The van der Waals surface area contributed by atoms with E-state index in [9.17, 15) is 4.79 Å². The molecule has 0 N–H and O–H groups in total. The number of carbonyl (C=O) groups excluding carboxylic acids is 1. The normalized spacial score (nSPS) is 23.4. The molecule has 1 aliphatic rings. The van der Waals surface area contributed by atoms with E-state index in [1.165, 1.54) is 0 Å². The molecule has 1 atom stereocenters. The smallest absolute Gasteiger partial charge is 0.151 e. The Kier molecular flexibility index (Phi) is 4.05. The van der Waals surface area contributed by atoms with Crippen molar-refractivity contribution in [3.8, 4) is 0 Å². The van der Waals surface area contributed by atoms with Crippen molar-refractivity contribution < 1.29 is 9.53 Å². The van der Waals surface area contributed by atoms with Crippen molar-refractivity contribution >= 4 is 5.78 Å². The molecule has 15 heavy (non-hydrogen) atoms. The third kappa shape index (κ3) is 4.14. The van der Waals surface area contributed by atoms with E-state index in [1.54, 1.807) is 0 Å². The van der Waals surface area contributed by atoms with Gasteiger partial charge in [0.25, 0.3) is 0 Å². The first-order chi connectivity index (χ1) is 6.92. The number of ketones is 1. The maximum atomic E-state index is 11.6. The lowest BCUT2D eigenvalue weighted by Gasteiger charge is -2.23. The Morgan fingerprint density at radius 1 is 1.60 bits per heavy atom. The van der Waals surface area contributed by atoms with E-state index >= 15 is 0 Å². The lowest BCUT2D eigenvalue weighted by atomic mass is 10.0. The number of Topliss-reactive ketones (excluding diaryl/α,β-unsaturated/α-hetero) is 1. The molecule has 3 heteroatoms. The molecule has 1 rings (SSSR count). The molecular formula is C12H21NO2. The second kappa shape index (κ2) is 4.90. The number of allylic oxidation sites excluding steroid dienone is 1. The summed E-state index contributed by atoms with van der Waals surface area (Å²) in [5.74, 6) is 0.443. The molecule has 1 saturated heterocycles. The van der Waals surface area contributed by atoms with Crippen molar-refractivity contribution in [2.24, 2.45) is 5.92 Å². The summed E-state index contributed by atoms with van der Waals surface area (Å²) in [6, 6.07) is 0. The van der Waals surface area contributed by atoms with Gasteiger partial charge in [0.1, 0.15) is 6.73 Å². The van der Waals surface area contributed by atoms with E-state index in [2.05, 4.69) is 11.5 Å². The Balaban J connectivity index is 2.35. The fourth-order valence-electron chi connectivity index (χ4n) is 1.62. The van der Waals surface area contributed by atoms with Crippen molar-refractivity contribution in [1.82, 2.24) is 4.90 Å². The van der Waals surface area contributed by atoms with Gasteiger partial charge >= 0.3 is 0 Å². The van der Waals surface area contributed by atoms with Gasteiger partial charge in [0.15, 0.2) is 5.78 Å². The SMILES string of the molecule is C=CCC1CN(COC(C)(C)C)CC1=O. The molecule has 0 amide bonds. The molecule has 0 saturated carbocycles. The van der Waals surface area contributed by atoms with Crippen molar-refractivity contribution in [1.29, 1.82) is 0 Å². The first-order valence-electron chi connectivity index (χ1n) is 5.42. The van der Waals surface area contributed by atoms with Gasteiger partial charge in [0.2, 0.25) is 0 Å². The van der Waals surface area contributed by atoms with Crippen LogP contribution in [0.25, 0.3) is 0 Å². The molecule has 0 aliphatic carbocycles. The molecule has 0 spiro atoms. The van der Waals surface area contributed by atoms with E-state index in [1.807, 2.05) is 26.8 Å². The third-order valence-corrected chi connectivity index (χ3v) is 2.44. The molecule has 1 fully saturated rings. The number of ether oxygens (including phenoxy) is 1. The number of hydrogen-bond donors (Lipinski definition) is 0. The van der Waals surface area contributed by atoms with Gasteiger partial charge in [0, 0.05) is 12.5 Å². The Morgan fingerprint density at radius 2 is 2.27 bits per heavy atom. The van der Waals surface area contributed by atoms with Crippen LogP contribution in [0.5, 0.6) is 0 Å². The second-order valence-electron chi connectivity index (χ2n) is 5.08. The van der Waals surface area contributed by atoms with Crippen molar-refractivity contribution in [2.75, 3.05) is 19.8 Å². The summed E-state index contributed by atoms with van der Waals surface area (Å²) >= 11 is 0. The summed E-state index contributed by atoms with van der Waals surface area (Å²) in [6.45, 7) is 11.6. The standard InChI is InChI=1S/C12H21NO2/c1-5-6-10-7-13(8-11(10)14)9-15-12(2,3)4/h5,10H,1,6-9H2,2-4H3. The molecule has 0 radical (unpaired) electrons. The highest BCUT2D eigenvalue weighted by molar-refractivity contribution is 5.85. The van der Waals surface area contributed by atoms with Gasteiger partial charge in [0.05, 0.1) is 12.1 Å². The van der Waals surface area contributed by atoms with Gasteiger partial charge in [-0.1, -0.05) is 6.08 Å². The lowest BCUT2D eigenvalue weighted by molar-refractivity contribution is -0.120. The van der Waals surface area contributed by atoms with E-state index < -0.39 is 0 Å². The molecule has 1 unspecified atom stereocenters. The van der Waals surface area contributed by atoms with Crippen LogP contribution >= 0.6 is 0 Å². The molecular weight excluding hydrogens is 190 g/mol.